The van der Waals surface area contributed by atoms with Crippen molar-refractivity contribution in [3.8, 4) is 5.75 Å². The van der Waals surface area contributed by atoms with Gasteiger partial charge in [0.25, 0.3) is 0 Å². The largest absolute Gasteiger partial charge is 0.508 e. The van der Waals surface area contributed by atoms with Gasteiger partial charge in [0, 0.05) is 0 Å². The Hall–Kier alpha value is -1.06. The Kier molecular flexibility index (Phi) is 3.92. The summed E-state index contributed by atoms with van der Waals surface area (Å²) < 4.78 is 0. The minimum atomic E-state index is 0.252. The molecule has 0 saturated heterocycles. The fourth-order valence-electron chi connectivity index (χ4n) is 1.45. The molecule has 0 fully saturated rings. The summed E-state index contributed by atoms with van der Waals surface area (Å²) in [7, 11) is 0. The van der Waals surface area contributed by atoms with E-state index in [1.54, 1.807) is 6.07 Å². The van der Waals surface area contributed by atoms with Gasteiger partial charge in [0.05, 0.1) is 0 Å². The highest BCUT2D eigenvalue weighted by atomic mass is 16.3. The smallest absolute Gasteiger partial charge is 0.118 e. The van der Waals surface area contributed by atoms with Crippen LogP contribution < -0.4 is 11.5 Å². The van der Waals surface area contributed by atoms with E-state index in [0.29, 0.717) is 18.8 Å². The first-order valence-electron chi connectivity index (χ1n) is 4.86. The molecule has 0 aromatic heterocycles. The van der Waals surface area contributed by atoms with E-state index in [-0.39, 0.29) is 5.92 Å². The number of phenolic OH excluding ortho intramolecular Hbond substituents is 1. The first-order valence-corrected chi connectivity index (χ1v) is 4.86. The van der Waals surface area contributed by atoms with Gasteiger partial charge >= 0.3 is 0 Å². The maximum atomic E-state index is 9.59. The summed E-state index contributed by atoms with van der Waals surface area (Å²) in [6.07, 6.45) is 0.751. The molecule has 78 valence electrons. The van der Waals surface area contributed by atoms with E-state index in [9.17, 15) is 5.11 Å². The molecule has 0 aliphatic rings. The van der Waals surface area contributed by atoms with Crippen LogP contribution in [0.25, 0.3) is 0 Å². The number of aromatic hydroxyl groups is 1. The third-order valence-electron chi connectivity index (χ3n) is 2.41. The minimum absolute atomic E-state index is 0.252. The van der Waals surface area contributed by atoms with Gasteiger partial charge in [0.15, 0.2) is 0 Å². The molecule has 0 bridgehead atoms. The Morgan fingerprint density at radius 1 is 1.29 bits per heavy atom. The lowest BCUT2D eigenvalue weighted by molar-refractivity contribution is 0.456. The number of benzene rings is 1. The molecule has 5 N–H and O–H groups in total. The first kappa shape index (κ1) is 11.0. The lowest BCUT2D eigenvalue weighted by Crippen LogP contribution is -2.25. The normalized spacial score (nSPS) is 10.9. The van der Waals surface area contributed by atoms with Crippen molar-refractivity contribution in [3.63, 3.8) is 0 Å². The molecule has 0 aliphatic heterocycles. The van der Waals surface area contributed by atoms with E-state index < -0.39 is 0 Å². The van der Waals surface area contributed by atoms with Crippen molar-refractivity contribution >= 4 is 0 Å². The zero-order valence-electron chi connectivity index (χ0n) is 8.53. The van der Waals surface area contributed by atoms with Crippen molar-refractivity contribution in [3.05, 3.63) is 29.3 Å². The van der Waals surface area contributed by atoms with Crippen molar-refractivity contribution in [1.82, 2.24) is 0 Å². The minimum Gasteiger partial charge on any atom is -0.508 e. The molecular weight excluding hydrogens is 176 g/mol. The van der Waals surface area contributed by atoms with Crippen LogP contribution in [0, 0.1) is 12.8 Å². The summed E-state index contributed by atoms with van der Waals surface area (Å²) in [5, 5.41) is 9.59. The Bertz CT molecular complexity index is 295. The van der Waals surface area contributed by atoms with Crippen LogP contribution in [0.3, 0.4) is 0 Å². The van der Waals surface area contributed by atoms with Crippen molar-refractivity contribution in [2.75, 3.05) is 13.1 Å². The second kappa shape index (κ2) is 4.98. The maximum absolute atomic E-state index is 9.59. The van der Waals surface area contributed by atoms with Gasteiger partial charge in [-0.2, -0.15) is 0 Å². The molecule has 0 amide bonds. The quantitative estimate of drug-likeness (QED) is 0.663. The maximum Gasteiger partial charge on any atom is 0.118 e. The van der Waals surface area contributed by atoms with E-state index in [1.807, 2.05) is 19.1 Å². The molecule has 0 heterocycles. The Balaban J connectivity index is 2.79. The molecule has 1 rings (SSSR count). The standard InChI is InChI=1S/C11H18N2O/c1-8-2-3-11(14)10(4-8)5-9(6-12)7-13/h2-4,9,14H,5-7,12-13H2,1H3. The van der Waals surface area contributed by atoms with Crippen LogP contribution in [-0.2, 0) is 6.42 Å². The van der Waals surface area contributed by atoms with Crippen LogP contribution >= 0.6 is 0 Å². The number of hydrogen-bond acceptors (Lipinski definition) is 3. The molecule has 1 aromatic rings. The van der Waals surface area contributed by atoms with E-state index in [2.05, 4.69) is 0 Å². The predicted molar refractivity (Wildman–Crippen MR) is 58.1 cm³/mol. The average Bonchev–Trinajstić information content (AvgIpc) is 2.19. The van der Waals surface area contributed by atoms with E-state index in [1.165, 1.54) is 0 Å². The van der Waals surface area contributed by atoms with E-state index >= 15 is 0 Å². The topological polar surface area (TPSA) is 72.3 Å². The van der Waals surface area contributed by atoms with Crippen molar-refractivity contribution < 1.29 is 5.11 Å². The second-order valence-corrected chi connectivity index (χ2v) is 3.67. The predicted octanol–water partition coefficient (Wildman–Crippen LogP) is 0.777. The van der Waals surface area contributed by atoms with Crippen LogP contribution in [0.4, 0.5) is 0 Å². The molecule has 0 atom stereocenters. The SMILES string of the molecule is Cc1ccc(O)c(CC(CN)CN)c1. The fourth-order valence-corrected chi connectivity index (χ4v) is 1.45. The van der Waals surface area contributed by atoms with Gasteiger partial charge in [-0.1, -0.05) is 17.7 Å². The highest BCUT2D eigenvalue weighted by molar-refractivity contribution is 5.35. The van der Waals surface area contributed by atoms with Crippen LogP contribution in [0.2, 0.25) is 0 Å². The number of phenols is 1. The van der Waals surface area contributed by atoms with Gasteiger partial charge in [0.2, 0.25) is 0 Å². The lowest BCUT2D eigenvalue weighted by atomic mass is 9.97. The second-order valence-electron chi connectivity index (χ2n) is 3.67. The number of aryl methyl sites for hydroxylation is 1. The molecule has 0 saturated carbocycles. The summed E-state index contributed by atoms with van der Waals surface area (Å²) >= 11 is 0. The van der Waals surface area contributed by atoms with Gasteiger partial charge in [-0.25, -0.2) is 0 Å². The van der Waals surface area contributed by atoms with Gasteiger partial charge < -0.3 is 16.6 Å². The average molecular weight is 194 g/mol. The Morgan fingerprint density at radius 3 is 2.50 bits per heavy atom. The summed E-state index contributed by atoms with van der Waals surface area (Å²) in [6, 6.07) is 5.58. The molecule has 3 heteroatoms. The van der Waals surface area contributed by atoms with Crippen LogP contribution in [0.1, 0.15) is 11.1 Å². The number of nitrogens with two attached hydrogens (primary N) is 2. The zero-order chi connectivity index (χ0) is 10.6. The lowest BCUT2D eigenvalue weighted by Gasteiger charge is -2.13. The third-order valence-corrected chi connectivity index (χ3v) is 2.41. The highest BCUT2D eigenvalue weighted by Gasteiger charge is 2.08. The zero-order valence-corrected chi connectivity index (χ0v) is 8.53. The van der Waals surface area contributed by atoms with E-state index in [0.717, 1.165) is 17.5 Å². The summed E-state index contributed by atoms with van der Waals surface area (Å²) in [4.78, 5) is 0. The molecular formula is C11H18N2O. The number of rotatable bonds is 4. The Morgan fingerprint density at radius 2 is 1.93 bits per heavy atom. The first-order chi connectivity index (χ1) is 6.67. The molecule has 3 nitrogen and oxygen atoms in total. The Labute approximate surface area is 84.7 Å². The van der Waals surface area contributed by atoms with Gasteiger partial charge in [-0.3, -0.25) is 0 Å². The third kappa shape index (κ3) is 2.72. The summed E-state index contributed by atoms with van der Waals surface area (Å²) in [5.41, 5.74) is 13.2. The van der Waals surface area contributed by atoms with Gasteiger partial charge in [-0.05, 0) is 44.0 Å². The molecule has 0 aliphatic carbocycles. The molecule has 0 spiro atoms. The van der Waals surface area contributed by atoms with Crippen LogP contribution in [-0.4, -0.2) is 18.2 Å². The summed E-state index contributed by atoms with van der Waals surface area (Å²) in [5.74, 6) is 0.588. The van der Waals surface area contributed by atoms with E-state index in [4.69, 9.17) is 11.5 Å². The van der Waals surface area contributed by atoms with Crippen LogP contribution in [0.5, 0.6) is 5.75 Å². The molecule has 0 radical (unpaired) electrons. The van der Waals surface area contributed by atoms with Gasteiger partial charge in [-0.15, -0.1) is 0 Å². The van der Waals surface area contributed by atoms with Crippen LogP contribution in [0.15, 0.2) is 18.2 Å². The molecule has 1 aromatic carbocycles. The van der Waals surface area contributed by atoms with Crippen molar-refractivity contribution in [2.24, 2.45) is 17.4 Å². The number of hydrogen-bond donors (Lipinski definition) is 3. The molecule has 14 heavy (non-hydrogen) atoms. The van der Waals surface area contributed by atoms with Crippen molar-refractivity contribution in [1.29, 1.82) is 0 Å². The monoisotopic (exact) mass is 194 g/mol. The highest BCUT2D eigenvalue weighted by Crippen LogP contribution is 2.20. The van der Waals surface area contributed by atoms with Gasteiger partial charge in [0.1, 0.15) is 5.75 Å². The molecule has 0 unspecified atom stereocenters. The fraction of sp³-hybridized carbons (Fsp3) is 0.455. The summed E-state index contributed by atoms with van der Waals surface area (Å²) in [6.45, 7) is 3.12. The van der Waals surface area contributed by atoms with Crippen molar-refractivity contribution in [2.45, 2.75) is 13.3 Å².